The monoisotopic (exact) mass is 139 g/mol. The normalized spacial score (nSPS) is 32.1. The molecule has 0 heterocycles. The lowest BCUT2D eigenvalue weighted by Crippen LogP contribution is -2.22. The fourth-order valence-electron chi connectivity index (χ4n) is 2.04. The molecule has 1 aliphatic carbocycles. The van der Waals surface area contributed by atoms with Gasteiger partial charge in [-0.1, -0.05) is 33.6 Å². The van der Waals surface area contributed by atoms with E-state index in [2.05, 4.69) is 27.2 Å². The summed E-state index contributed by atoms with van der Waals surface area (Å²) in [5, 5.41) is 0. The van der Waals surface area contributed by atoms with Gasteiger partial charge in [0.05, 0.1) is 0 Å². The third kappa shape index (κ3) is 2.00. The van der Waals surface area contributed by atoms with Crippen LogP contribution in [0.4, 0.5) is 0 Å². The number of rotatable bonds is 1. The van der Waals surface area contributed by atoms with Crippen LogP contribution in [-0.4, -0.2) is 0 Å². The van der Waals surface area contributed by atoms with E-state index >= 15 is 0 Å². The Kier molecular flexibility index (Phi) is 2.38. The van der Waals surface area contributed by atoms with Gasteiger partial charge in [0.2, 0.25) is 0 Å². The maximum atomic E-state index is 2.39. The van der Waals surface area contributed by atoms with Crippen molar-refractivity contribution >= 4 is 0 Å². The molecular weight excluding hydrogens is 120 g/mol. The van der Waals surface area contributed by atoms with Crippen molar-refractivity contribution in [2.24, 2.45) is 11.3 Å². The predicted octanol–water partition coefficient (Wildman–Crippen LogP) is 3.43. The molecule has 0 aliphatic heterocycles. The van der Waals surface area contributed by atoms with Crippen molar-refractivity contribution in [3.63, 3.8) is 0 Å². The Morgan fingerprint density at radius 1 is 1.40 bits per heavy atom. The maximum Gasteiger partial charge on any atom is -0.0351 e. The van der Waals surface area contributed by atoms with Gasteiger partial charge in [-0.3, -0.25) is 0 Å². The zero-order chi connectivity index (χ0) is 7.61. The Hall–Kier alpha value is 0. The molecule has 1 unspecified atom stereocenters. The Morgan fingerprint density at radius 2 is 2.10 bits per heavy atom. The van der Waals surface area contributed by atoms with Crippen LogP contribution < -0.4 is 0 Å². The predicted molar refractivity (Wildman–Crippen MR) is 45.7 cm³/mol. The molecule has 1 aliphatic rings. The second-order valence-corrected chi connectivity index (χ2v) is 4.35. The highest BCUT2D eigenvalue weighted by molar-refractivity contribution is 4.84. The van der Waals surface area contributed by atoms with E-state index in [9.17, 15) is 0 Å². The molecule has 0 heteroatoms. The van der Waals surface area contributed by atoms with E-state index in [1.807, 2.05) is 0 Å². The van der Waals surface area contributed by atoms with E-state index in [4.69, 9.17) is 0 Å². The van der Waals surface area contributed by atoms with Gasteiger partial charge in [0.15, 0.2) is 0 Å². The zero-order valence-electron chi connectivity index (χ0n) is 7.48. The molecule has 1 radical (unpaired) electrons. The van der Waals surface area contributed by atoms with Crippen LogP contribution in [0.25, 0.3) is 0 Å². The molecule has 0 nitrogen and oxygen atoms in total. The minimum atomic E-state index is 0.620. The molecule has 59 valence electrons. The molecule has 0 aromatic rings. The molecule has 0 aromatic heterocycles. The summed E-state index contributed by atoms with van der Waals surface area (Å²) in [7, 11) is 0. The van der Waals surface area contributed by atoms with Crippen LogP contribution in [0.2, 0.25) is 0 Å². The SMILES string of the molecule is C[CH]C1CCCC(C)(C)C1. The smallest absolute Gasteiger partial charge is 0.0351 e. The van der Waals surface area contributed by atoms with Gasteiger partial charge in [0, 0.05) is 0 Å². The van der Waals surface area contributed by atoms with Crippen molar-refractivity contribution in [2.75, 3.05) is 0 Å². The van der Waals surface area contributed by atoms with Crippen LogP contribution in [-0.2, 0) is 0 Å². The molecule has 0 bridgehead atoms. The van der Waals surface area contributed by atoms with Gasteiger partial charge in [-0.25, -0.2) is 0 Å². The third-order valence-electron chi connectivity index (χ3n) is 2.71. The molecule has 1 fully saturated rings. The molecule has 1 atom stereocenters. The van der Waals surface area contributed by atoms with Crippen LogP contribution in [0.1, 0.15) is 46.5 Å². The molecule has 1 rings (SSSR count). The standard InChI is InChI=1S/C10H19/c1-4-9-6-5-7-10(2,3)8-9/h4,9H,5-8H2,1-3H3. The van der Waals surface area contributed by atoms with E-state index in [0.717, 1.165) is 5.92 Å². The van der Waals surface area contributed by atoms with Gasteiger partial charge in [-0.15, -0.1) is 0 Å². The van der Waals surface area contributed by atoms with Crippen LogP contribution in [0.5, 0.6) is 0 Å². The first-order valence-corrected chi connectivity index (χ1v) is 4.43. The molecule has 0 aromatic carbocycles. The average molecular weight is 139 g/mol. The van der Waals surface area contributed by atoms with Crippen LogP contribution in [0, 0.1) is 17.8 Å². The lowest BCUT2D eigenvalue weighted by Gasteiger charge is -2.34. The molecule has 0 N–H and O–H groups in total. The second-order valence-electron chi connectivity index (χ2n) is 4.35. The van der Waals surface area contributed by atoms with Gasteiger partial charge < -0.3 is 0 Å². The largest absolute Gasteiger partial charge is 0.0620 e. The van der Waals surface area contributed by atoms with Crippen molar-refractivity contribution in [2.45, 2.75) is 46.5 Å². The second kappa shape index (κ2) is 2.94. The maximum absolute atomic E-state index is 2.39. The van der Waals surface area contributed by atoms with Gasteiger partial charge in [0.1, 0.15) is 0 Å². The highest BCUT2D eigenvalue weighted by atomic mass is 14.3. The summed E-state index contributed by atoms with van der Waals surface area (Å²) in [5.41, 5.74) is 0.620. The molecule has 0 saturated heterocycles. The van der Waals surface area contributed by atoms with E-state index < -0.39 is 0 Å². The molecule has 0 spiro atoms. The van der Waals surface area contributed by atoms with Crippen molar-refractivity contribution in [1.29, 1.82) is 0 Å². The number of hydrogen-bond donors (Lipinski definition) is 0. The van der Waals surface area contributed by atoms with Crippen LogP contribution in [0.3, 0.4) is 0 Å². The Labute approximate surface area is 65.0 Å². The van der Waals surface area contributed by atoms with E-state index in [1.54, 1.807) is 0 Å². The fourth-order valence-corrected chi connectivity index (χ4v) is 2.04. The summed E-state index contributed by atoms with van der Waals surface area (Å²) >= 11 is 0. The first-order chi connectivity index (χ1) is 4.64. The topological polar surface area (TPSA) is 0 Å². The molecule has 0 amide bonds. The zero-order valence-corrected chi connectivity index (χ0v) is 7.48. The van der Waals surface area contributed by atoms with Crippen LogP contribution >= 0.6 is 0 Å². The van der Waals surface area contributed by atoms with Crippen molar-refractivity contribution in [3.8, 4) is 0 Å². The summed E-state index contributed by atoms with van der Waals surface area (Å²) in [4.78, 5) is 0. The van der Waals surface area contributed by atoms with Crippen molar-refractivity contribution < 1.29 is 0 Å². The Morgan fingerprint density at radius 3 is 2.50 bits per heavy atom. The summed E-state index contributed by atoms with van der Waals surface area (Å²) in [5.74, 6) is 0.906. The van der Waals surface area contributed by atoms with E-state index in [-0.39, 0.29) is 0 Å². The van der Waals surface area contributed by atoms with Gasteiger partial charge in [-0.2, -0.15) is 0 Å². The van der Waals surface area contributed by atoms with Gasteiger partial charge in [0.25, 0.3) is 0 Å². The average Bonchev–Trinajstić information content (AvgIpc) is 1.86. The molecular formula is C10H19. The van der Waals surface area contributed by atoms with Crippen molar-refractivity contribution in [1.82, 2.24) is 0 Å². The third-order valence-corrected chi connectivity index (χ3v) is 2.71. The number of hydrogen-bond acceptors (Lipinski definition) is 0. The van der Waals surface area contributed by atoms with Crippen molar-refractivity contribution in [3.05, 3.63) is 6.42 Å². The summed E-state index contributed by atoms with van der Waals surface area (Å²) in [6.07, 6.45) is 8.07. The van der Waals surface area contributed by atoms with Gasteiger partial charge in [-0.05, 0) is 30.6 Å². The molecule has 10 heavy (non-hydrogen) atoms. The van der Waals surface area contributed by atoms with E-state index in [1.165, 1.54) is 25.7 Å². The highest BCUT2D eigenvalue weighted by Gasteiger charge is 2.26. The highest BCUT2D eigenvalue weighted by Crippen LogP contribution is 2.39. The summed E-state index contributed by atoms with van der Waals surface area (Å²) in [6.45, 7) is 6.98. The first kappa shape index (κ1) is 8.10. The Bertz CT molecular complexity index is 103. The molecule has 1 saturated carbocycles. The minimum Gasteiger partial charge on any atom is -0.0620 e. The first-order valence-electron chi connectivity index (χ1n) is 4.43. The fraction of sp³-hybridized carbons (Fsp3) is 0.900. The summed E-state index contributed by atoms with van der Waals surface area (Å²) in [6, 6.07) is 0. The minimum absolute atomic E-state index is 0.620. The van der Waals surface area contributed by atoms with Gasteiger partial charge >= 0.3 is 0 Å². The van der Waals surface area contributed by atoms with E-state index in [0.29, 0.717) is 5.41 Å². The Balaban J connectivity index is 2.40. The lowest BCUT2D eigenvalue weighted by molar-refractivity contribution is 0.198. The summed E-state index contributed by atoms with van der Waals surface area (Å²) < 4.78 is 0. The lowest BCUT2D eigenvalue weighted by atomic mass is 9.71. The quantitative estimate of drug-likeness (QED) is 0.522. The van der Waals surface area contributed by atoms with Crippen LogP contribution in [0.15, 0.2) is 0 Å².